The van der Waals surface area contributed by atoms with Crippen molar-refractivity contribution in [2.75, 3.05) is 20.3 Å². The predicted octanol–water partition coefficient (Wildman–Crippen LogP) is 3.33. The van der Waals surface area contributed by atoms with Crippen molar-refractivity contribution in [1.29, 1.82) is 0 Å². The summed E-state index contributed by atoms with van der Waals surface area (Å²) in [7, 11) is 1.74. The van der Waals surface area contributed by atoms with Crippen LogP contribution < -0.4 is 5.32 Å². The van der Waals surface area contributed by atoms with Gasteiger partial charge in [-0.3, -0.25) is 0 Å². The van der Waals surface area contributed by atoms with Crippen molar-refractivity contribution >= 4 is 0 Å². The molecule has 0 aliphatic carbocycles. The quantitative estimate of drug-likeness (QED) is 0.780. The van der Waals surface area contributed by atoms with Crippen molar-refractivity contribution < 1.29 is 9.13 Å². The smallest absolute Gasteiger partial charge is 0.123 e. The maximum Gasteiger partial charge on any atom is 0.123 e. The van der Waals surface area contributed by atoms with Gasteiger partial charge in [0.1, 0.15) is 5.82 Å². The zero-order valence-corrected chi connectivity index (χ0v) is 12.5. The lowest BCUT2D eigenvalue weighted by molar-refractivity contribution is 0.149. The number of halogens is 1. The van der Waals surface area contributed by atoms with E-state index in [-0.39, 0.29) is 5.82 Å². The van der Waals surface area contributed by atoms with Crippen molar-refractivity contribution in [2.45, 2.75) is 39.7 Å². The fourth-order valence-corrected chi connectivity index (χ4v) is 2.52. The Bertz CT molecular complexity index is 381. The van der Waals surface area contributed by atoms with Crippen LogP contribution in [0.25, 0.3) is 0 Å². The summed E-state index contributed by atoms with van der Waals surface area (Å²) in [5.74, 6) is 0.365. The van der Waals surface area contributed by atoms with Crippen molar-refractivity contribution in [1.82, 2.24) is 5.32 Å². The van der Waals surface area contributed by atoms with E-state index in [4.69, 9.17) is 4.74 Å². The second-order valence-electron chi connectivity index (χ2n) is 5.33. The summed E-state index contributed by atoms with van der Waals surface area (Å²) in [6, 6.07) is 5.47. The zero-order valence-electron chi connectivity index (χ0n) is 12.5. The van der Waals surface area contributed by atoms with Gasteiger partial charge in [0.2, 0.25) is 0 Å². The average molecular weight is 267 g/mol. The third kappa shape index (κ3) is 5.70. The Hall–Kier alpha value is -0.930. The Morgan fingerprint density at radius 1 is 1.37 bits per heavy atom. The number of rotatable bonds is 8. The molecular weight excluding hydrogens is 241 g/mol. The Kier molecular flexibility index (Phi) is 7.03. The van der Waals surface area contributed by atoms with Crippen LogP contribution in [-0.4, -0.2) is 26.3 Å². The van der Waals surface area contributed by atoms with E-state index in [1.54, 1.807) is 19.2 Å². The van der Waals surface area contributed by atoms with Gasteiger partial charge in [-0.25, -0.2) is 4.39 Å². The molecule has 0 bridgehead atoms. The minimum atomic E-state index is -0.158. The summed E-state index contributed by atoms with van der Waals surface area (Å²) in [4.78, 5) is 0. The predicted molar refractivity (Wildman–Crippen MR) is 78.0 cm³/mol. The van der Waals surface area contributed by atoms with E-state index in [0.717, 1.165) is 31.6 Å². The van der Waals surface area contributed by atoms with Gasteiger partial charge in [-0.15, -0.1) is 0 Å². The van der Waals surface area contributed by atoms with Crippen LogP contribution in [0.3, 0.4) is 0 Å². The lowest BCUT2D eigenvalue weighted by Gasteiger charge is -2.22. The van der Waals surface area contributed by atoms with E-state index >= 15 is 0 Å². The largest absolute Gasteiger partial charge is 0.384 e. The second-order valence-corrected chi connectivity index (χ2v) is 5.33. The van der Waals surface area contributed by atoms with Crippen LogP contribution >= 0.6 is 0 Å². The molecule has 19 heavy (non-hydrogen) atoms. The van der Waals surface area contributed by atoms with Crippen LogP contribution in [0.4, 0.5) is 4.39 Å². The van der Waals surface area contributed by atoms with Crippen LogP contribution in [0.1, 0.15) is 31.4 Å². The van der Waals surface area contributed by atoms with Crippen LogP contribution in [0.2, 0.25) is 0 Å². The molecule has 0 saturated carbocycles. The molecule has 0 aliphatic rings. The average Bonchev–Trinajstić information content (AvgIpc) is 2.33. The number of ether oxygens (including phenoxy) is 1. The fourth-order valence-electron chi connectivity index (χ4n) is 2.52. The molecular formula is C16H26FNO. The third-order valence-corrected chi connectivity index (χ3v) is 3.40. The van der Waals surface area contributed by atoms with Gasteiger partial charge < -0.3 is 10.1 Å². The maximum absolute atomic E-state index is 13.1. The van der Waals surface area contributed by atoms with Gasteiger partial charge in [0.25, 0.3) is 0 Å². The Labute approximate surface area is 116 Å². The topological polar surface area (TPSA) is 21.3 Å². The molecule has 1 aromatic rings. The summed E-state index contributed by atoms with van der Waals surface area (Å²) >= 11 is 0. The highest BCUT2D eigenvalue weighted by atomic mass is 19.1. The number of likely N-dealkylation sites (N-methyl/N-ethyl adjacent to an activating group) is 1. The normalized spacial score (nSPS) is 14.4. The van der Waals surface area contributed by atoms with Crippen molar-refractivity contribution in [2.24, 2.45) is 5.92 Å². The number of nitrogens with one attached hydrogen (secondary N) is 1. The Morgan fingerprint density at radius 2 is 2.11 bits per heavy atom. The van der Waals surface area contributed by atoms with Gasteiger partial charge in [-0.05, 0) is 55.5 Å². The molecule has 0 fully saturated rings. The molecule has 3 heteroatoms. The van der Waals surface area contributed by atoms with E-state index in [9.17, 15) is 4.39 Å². The molecule has 1 N–H and O–H groups in total. The van der Waals surface area contributed by atoms with Gasteiger partial charge in [0.05, 0.1) is 0 Å². The van der Waals surface area contributed by atoms with Gasteiger partial charge in [-0.1, -0.05) is 19.9 Å². The first-order chi connectivity index (χ1) is 9.06. The number of benzene rings is 1. The molecule has 0 radical (unpaired) electrons. The van der Waals surface area contributed by atoms with Crippen LogP contribution in [0.15, 0.2) is 18.2 Å². The molecule has 0 aromatic heterocycles. The number of aryl methyl sites for hydroxylation is 1. The van der Waals surface area contributed by atoms with Gasteiger partial charge in [0, 0.05) is 19.8 Å². The second kappa shape index (κ2) is 8.28. The van der Waals surface area contributed by atoms with E-state index < -0.39 is 0 Å². The molecule has 0 heterocycles. The summed E-state index contributed by atoms with van der Waals surface area (Å²) in [6.07, 6.45) is 2.01. The van der Waals surface area contributed by atoms with Crippen LogP contribution in [0.5, 0.6) is 0 Å². The summed E-state index contributed by atoms with van der Waals surface area (Å²) in [6.45, 7) is 8.02. The first kappa shape index (κ1) is 16.1. The summed E-state index contributed by atoms with van der Waals surface area (Å²) in [5, 5.41) is 3.51. The van der Waals surface area contributed by atoms with Crippen molar-refractivity contribution in [3.8, 4) is 0 Å². The third-order valence-electron chi connectivity index (χ3n) is 3.40. The number of hydrogen-bond acceptors (Lipinski definition) is 2. The summed E-state index contributed by atoms with van der Waals surface area (Å²) < 4.78 is 18.3. The highest BCUT2D eigenvalue weighted by molar-refractivity contribution is 5.27. The number of hydrogen-bond donors (Lipinski definition) is 1. The highest BCUT2D eigenvalue weighted by Gasteiger charge is 2.14. The first-order valence-electron chi connectivity index (χ1n) is 7.04. The molecule has 1 aromatic carbocycles. The molecule has 108 valence electrons. The Morgan fingerprint density at radius 3 is 2.68 bits per heavy atom. The molecule has 0 spiro atoms. The fraction of sp³-hybridized carbons (Fsp3) is 0.625. The van der Waals surface area contributed by atoms with E-state index in [1.807, 2.05) is 13.0 Å². The Balaban J connectivity index is 2.66. The van der Waals surface area contributed by atoms with Crippen LogP contribution in [-0.2, 0) is 11.2 Å². The van der Waals surface area contributed by atoms with Gasteiger partial charge in [0.15, 0.2) is 0 Å². The standard InChI is InChI=1S/C16H26FNO/c1-5-18-16(8-12(2)11-19-4)10-14-6-7-15(17)9-13(14)3/h6-7,9,12,16,18H,5,8,10-11H2,1-4H3. The number of methoxy groups -OCH3 is 1. The minimum absolute atomic E-state index is 0.158. The van der Waals surface area contributed by atoms with Gasteiger partial charge >= 0.3 is 0 Å². The molecule has 0 aliphatic heterocycles. The minimum Gasteiger partial charge on any atom is -0.384 e. The van der Waals surface area contributed by atoms with Crippen molar-refractivity contribution in [3.05, 3.63) is 35.1 Å². The monoisotopic (exact) mass is 267 g/mol. The highest BCUT2D eigenvalue weighted by Crippen LogP contribution is 2.16. The van der Waals surface area contributed by atoms with Crippen LogP contribution in [0, 0.1) is 18.7 Å². The molecule has 1 rings (SSSR count). The van der Waals surface area contributed by atoms with E-state index in [2.05, 4.69) is 19.2 Å². The van der Waals surface area contributed by atoms with E-state index in [1.165, 1.54) is 5.56 Å². The van der Waals surface area contributed by atoms with Gasteiger partial charge in [-0.2, -0.15) is 0 Å². The summed E-state index contributed by atoms with van der Waals surface area (Å²) in [5.41, 5.74) is 2.25. The lowest BCUT2D eigenvalue weighted by Crippen LogP contribution is -2.33. The molecule has 0 saturated heterocycles. The zero-order chi connectivity index (χ0) is 14.3. The molecule has 2 unspecified atom stereocenters. The molecule has 0 amide bonds. The SMILES string of the molecule is CCNC(Cc1ccc(F)cc1C)CC(C)COC. The lowest BCUT2D eigenvalue weighted by atomic mass is 9.94. The van der Waals surface area contributed by atoms with Crippen molar-refractivity contribution in [3.63, 3.8) is 0 Å². The maximum atomic E-state index is 13.1. The molecule has 2 atom stereocenters. The molecule has 2 nitrogen and oxygen atoms in total. The van der Waals surface area contributed by atoms with E-state index in [0.29, 0.717) is 12.0 Å². The first-order valence-corrected chi connectivity index (χ1v) is 7.04.